The average molecular weight is 672 g/mol. The highest BCUT2D eigenvalue weighted by molar-refractivity contribution is 7.25. The molecule has 9 aromatic rings. The molecular weight excluding hydrogens is 643 g/mol. The molecule has 0 amide bonds. The van der Waals surface area contributed by atoms with Gasteiger partial charge in [0.2, 0.25) is 0 Å². The van der Waals surface area contributed by atoms with Gasteiger partial charge in [0.15, 0.2) is 17.5 Å². The van der Waals surface area contributed by atoms with Crippen molar-refractivity contribution in [2.75, 3.05) is 0 Å². The summed E-state index contributed by atoms with van der Waals surface area (Å²) in [5.41, 5.74) is 6.45. The largest absolute Gasteiger partial charge is 0.456 e. The molecule has 1 aliphatic heterocycles. The Morgan fingerprint density at radius 1 is 0.431 bits per heavy atom. The van der Waals surface area contributed by atoms with Gasteiger partial charge in [-0.2, -0.15) is 0 Å². The molecule has 0 unspecified atom stereocenters. The monoisotopic (exact) mass is 671 g/mol. The summed E-state index contributed by atoms with van der Waals surface area (Å²) >= 11 is 1.79. The molecule has 3 heterocycles. The number of aromatic nitrogens is 3. The van der Waals surface area contributed by atoms with Crippen LogP contribution in [0.5, 0.6) is 11.5 Å². The van der Waals surface area contributed by atoms with Crippen molar-refractivity contribution in [1.29, 1.82) is 0 Å². The molecule has 10 rings (SSSR count). The van der Waals surface area contributed by atoms with Gasteiger partial charge in [0.1, 0.15) is 11.5 Å². The highest BCUT2D eigenvalue weighted by atomic mass is 32.1. The minimum atomic E-state index is -0.646. The van der Waals surface area contributed by atoms with Crippen molar-refractivity contribution < 1.29 is 4.74 Å². The van der Waals surface area contributed by atoms with Crippen LogP contribution in [-0.4, -0.2) is 15.0 Å². The van der Waals surface area contributed by atoms with Gasteiger partial charge in [0.25, 0.3) is 0 Å². The van der Waals surface area contributed by atoms with Gasteiger partial charge in [-0.3, -0.25) is 0 Å². The summed E-state index contributed by atoms with van der Waals surface area (Å²) in [4.78, 5) is 15.4. The number of rotatable bonds is 5. The van der Waals surface area contributed by atoms with Gasteiger partial charge in [0.05, 0.1) is 11.0 Å². The quantitative estimate of drug-likeness (QED) is 0.183. The third-order valence-electron chi connectivity index (χ3n) is 9.88. The van der Waals surface area contributed by atoms with Crippen LogP contribution in [0.1, 0.15) is 22.3 Å². The van der Waals surface area contributed by atoms with Gasteiger partial charge in [-0.05, 0) is 35.4 Å². The minimum absolute atomic E-state index is 0.557. The van der Waals surface area contributed by atoms with Crippen LogP contribution >= 0.6 is 11.3 Å². The lowest BCUT2D eigenvalue weighted by atomic mass is 9.63. The highest BCUT2D eigenvalue weighted by Gasteiger charge is 2.46. The third kappa shape index (κ3) is 4.70. The Bertz CT molecular complexity index is 2690. The Balaban J connectivity index is 1.24. The van der Waals surface area contributed by atoms with Crippen molar-refractivity contribution >= 4 is 31.5 Å². The molecule has 0 saturated heterocycles. The first-order valence-corrected chi connectivity index (χ1v) is 17.8. The SMILES string of the molecule is c1ccc(-c2nc(-c3ccc4c(c3)sc3ccccc34)nc(-c3cccc4c3Oc3ccccc3C4(c3ccccc3)c3ccccc3)n2)cc1. The highest BCUT2D eigenvalue weighted by Crippen LogP contribution is 2.57. The lowest BCUT2D eigenvalue weighted by molar-refractivity contribution is 0.436. The molecule has 2 aromatic heterocycles. The second-order valence-electron chi connectivity index (χ2n) is 12.7. The van der Waals surface area contributed by atoms with Gasteiger partial charge in [-0.25, -0.2) is 15.0 Å². The van der Waals surface area contributed by atoms with Crippen molar-refractivity contribution in [2.24, 2.45) is 0 Å². The number of fused-ring (bicyclic) bond motifs is 5. The van der Waals surface area contributed by atoms with E-state index in [0.717, 1.165) is 50.4 Å². The van der Waals surface area contributed by atoms with Crippen molar-refractivity contribution in [3.63, 3.8) is 0 Å². The number of hydrogen-bond acceptors (Lipinski definition) is 5. The van der Waals surface area contributed by atoms with Crippen LogP contribution in [0.15, 0.2) is 176 Å². The summed E-state index contributed by atoms with van der Waals surface area (Å²) in [6, 6.07) is 61.3. The van der Waals surface area contributed by atoms with E-state index in [1.54, 1.807) is 11.3 Å². The maximum absolute atomic E-state index is 6.95. The molecule has 0 fully saturated rings. The molecule has 240 valence electrons. The van der Waals surface area contributed by atoms with E-state index in [1.165, 1.54) is 20.2 Å². The topological polar surface area (TPSA) is 47.9 Å². The molecule has 7 aromatic carbocycles. The van der Waals surface area contributed by atoms with Gasteiger partial charge >= 0.3 is 0 Å². The Kier molecular flexibility index (Phi) is 6.86. The number of hydrogen-bond donors (Lipinski definition) is 0. The molecule has 0 bridgehead atoms. The number of para-hydroxylation sites is 2. The molecule has 0 spiro atoms. The van der Waals surface area contributed by atoms with Gasteiger partial charge in [-0.1, -0.05) is 152 Å². The predicted octanol–water partition coefficient (Wildman–Crippen LogP) is 11.7. The number of benzene rings is 7. The second kappa shape index (κ2) is 11.9. The van der Waals surface area contributed by atoms with E-state index in [1.807, 2.05) is 36.4 Å². The van der Waals surface area contributed by atoms with Gasteiger partial charge in [0, 0.05) is 42.4 Å². The molecule has 0 atom stereocenters. The number of ether oxygens (including phenoxy) is 1. The molecule has 0 N–H and O–H groups in total. The van der Waals surface area contributed by atoms with Crippen molar-refractivity contribution in [3.8, 4) is 45.7 Å². The summed E-state index contributed by atoms with van der Waals surface area (Å²) in [7, 11) is 0. The maximum Gasteiger partial charge on any atom is 0.167 e. The first-order chi connectivity index (χ1) is 25.3. The fourth-order valence-corrected chi connectivity index (χ4v) is 8.76. The summed E-state index contributed by atoms with van der Waals surface area (Å²) in [5, 5.41) is 2.50. The fraction of sp³-hybridized carbons (Fsp3) is 0.0217. The van der Waals surface area contributed by atoms with Gasteiger partial charge < -0.3 is 4.74 Å². The van der Waals surface area contributed by atoms with Crippen LogP contribution in [0.25, 0.3) is 54.3 Å². The summed E-state index contributed by atoms with van der Waals surface area (Å²) in [6.07, 6.45) is 0. The van der Waals surface area contributed by atoms with Crippen molar-refractivity contribution in [2.45, 2.75) is 5.41 Å². The zero-order chi connectivity index (χ0) is 33.8. The standard InChI is InChI=1S/C46H29N3OS/c1-4-15-30(16-5-1)43-47-44(31-27-28-35-34-21-10-13-26-40(34)51-41(35)29-31)49-45(48-43)36-22-14-24-38-42(36)50-39-25-12-11-23-37(39)46(38,32-17-6-2-7-18-32)33-19-8-3-9-20-33/h1-29H. The smallest absolute Gasteiger partial charge is 0.167 e. The summed E-state index contributed by atoms with van der Waals surface area (Å²) in [5.74, 6) is 3.32. The molecule has 0 radical (unpaired) electrons. The van der Waals surface area contributed by atoms with E-state index >= 15 is 0 Å². The van der Waals surface area contributed by atoms with Crippen LogP contribution in [0.4, 0.5) is 0 Å². The Labute approximate surface area is 299 Å². The molecule has 5 heteroatoms. The Morgan fingerprint density at radius 3 is 1.78 bits per heavy atom. The Morgan fingerprint density at radius 2 is 1.02 bits per heavy atom. The van der Waals surface area contributed by atoms with E-state index in [9.17, 15) is 0 Å². The normalized spacial score (nSPS) is 13.0. The van der Waals surface area contributed by atoms with E-state index in [0.29, 0.717) is 17.5 Å². The number of nitrogens with zero attached hydrogens (tertiary/aromatic N) is 3. The first-order valence-electron chi connectivity index (χ1n) is 17.0. The van der Waals surface area contributed by atoms with Crippen LogP contribution in [0, 0.1) is 0 Å². The average Bonchev–Trinajstić information content (AvgIpc) is 3.58. The van der Waals surface area contributed by atoms with Gasteiger partial charge in [-0.15, -0.1) is 11.3 Å². The molecule has 0 saturated carbocycles. The van der Waals surface area contributed by atoms with Crippen LogP contribution in [0.3, 0.4) is 0 Å². The lowest BCUT2D eigenvalue weighted by Gasteiger charge is -2.42. The zero-order valence-electron chi connectivity index (χ0n) is 27.4. The zero-order valence-corrected chi connectivity index (χ0v) is 28.2. The molecule has 51 heavy (non-hydrogen) atoms. The molecule has 1 aliphatic rings. The number of thiophene rings is 1. The van der Waals surface area contributed by atoms with E-state index in [2.05, 4.69) is 140 Å². The first kappa shape index (κ1) is 29.5. The predicted molar refractivity (Wildman–Crippen MR) is 207 cm³/mol. The van der Waals surface area contributed by atoms with Crippen LogP contribution in [0.2, 0.25) is 0 Å². The third-order valence-corrected chi connectivity index (χ3v) is 11.0. The van der Waals surface area contributed by atoms with Crippen molar-refractivity contribution in [1.82, 2.24) is 15.0 Å². The fourth-order valence-electron chi connectivity index (χ4n) is 7.61. The van der Waals surface area contributed by atoms with E-state index in [4.69, 9.17) is 19.7 Å². The molecular formula is C46H29N3OS. The maximum atomic E-state index is 6.95. The van der Waals surface area contributed by atoms with Crippen molar-refractivity contribution in [3.05, 3.63) is 198 Å². The summed E-state index contributed by atoms with van der Waals surface area (Å²) in [6.45, 7) is 0. The Hall–Kier alpha value is -6.43. The second-order valence-corrected chi connectivity index (χ2v) is 13.8. The lowest BCUT2D eigenvalue weighted by Crippen LogP contribution is -2.34. The van der Waals surface area contributed by atoms with Crippen LogP contribution < -0.4 is 4.74 Å². The summed E-state index contributed by atoms with van der Waals surface area (Å²) < 4.78 is 9.41. The molecule has 4 nitrogen and oxygen atoms in total. The van der Waals surface area contributed by atoms with E-state index in [-0.39, 0.29) is 0 Å². The minimum Gasteiger partial charge on any atom is -0.456 e. The van der Waals surface area contributed by atoms with E-state index < -0.39 is 5.41 Å². The van der Waals surface area contributed by atoms with Crippen LogP contribution in [-0.2, 0) is 5.41 Å². The molecule has 0 aliphatic carbocycles.